The third kappa shape index (κ3) is 2.46. The van der Waals surface area contributed by atoms with Gasteiger partial charge in [0.1, 0.15) is 5.56 Å². The van der Waals surface area contributed by atoms with Gasteiger partial charge in [-0.1, -0.05) is 24.6 Å². The predicted molar refractivity (Wildman–Crippen MR) is 73.7 cm³/mol. The summed E-state index contributed by atoms with van der Waals surface area (Å²) >= 11 is 6.03. The first-order valence-corrected chi connectivity index (χ1v) is 6.81. The van der Waals surface area contributed by atoms with Gasteiger partial charge in [-0.25, -0.2) is 4.79 Å². The fourth-order valence-electron chi connectivity index (χ4n) is 2.71. The Bertz CT molecular complexity index is 447. The molecule has 1 saturated heterocycles. The zero-order valence-corrected chi connectivity index (χ0v) is 11.3. The van der Waals surface area contributed by atoms with E-state index in [0.29, 0.717) is 11.1 Å². The van der Waals surface area contributed by atoms with Crippen LogP contribution in [0.4, 0.5) is 5.69 Å². The highest BCUT2D eigenvalue weighted by Crippen LogP contribution is 2.32. The fraction of sp³-hybridized carbons (Fsp3) is 0.500. The van der Waals surface area contributed by atoms with E-state index < -0.39 is 5.97 Å². The average Bonchev–Trinajstić information content (AvgIpc) is 2.38. The van der Waals surface area contributed by atoms with Crippen molar-refractivity contribution in [2.45, 2.75) is 38.6 Å². The SMILES string of the molecule is CCC1CCCCN1c1cccc(Cl)c1C(=O)O. The van der Waals surface area contributed by atoms with Crippen molar-refractivity contribution in [1.82, 2.24) is 0 Å². The summed E-state index contributed by atoms with van der Waals surface area (Å²) in [6.45, 7) is 3.06. The Morgan fingerprint density at radius 3 is 2.94 bits per heavy atom. The van der Waals surface area contributed by atoms with Gasteiger partial charge >= 0.3 is 5.97 Å². The standard InChI is InChI=1S/C14H18ClNO2/c1-2-10-6-3-4-9-16(10)12-8-5-7-11(15)13(12)14(17)18/h5,7-8,10H,2-4,6,9H2,1H3,(H,17,18). The molecular weight excluding hydrogens is 250 g/mol. The quantitative estimate of drug-likeness (QED) is 0.905. The third-order valence-corrected chi connectivity index (χ3v) is 3.93. The Balaban J connectivity index is 2.42. The van der Waals surface area contributed by atoms with Crippen LogP contribution in [0.1, 0.15) is 43.0 Å². The highest BCUT2D eigenvalue weighted by molar-refractivity contribution is 6.34. The lowest BCUT2D eigenvalue weighted by Crippen LogP contribution is -2.40. The number of nitrogens with zero attached hydrogens (tertiary/aromatic N) is 1. The number of carboxylic acid groups (broad SMARTS) is 1. The Labute approximate surface area is 112 Å². The van der Waals surface area contributed by atoms with E-state index in [1.807, 2.05) is 12.1 Å². The summed E-state index contributed by atoms with van der Waals surface area (Å²) in [5.41, 5.74) is 1.00. The molecule has 0 saturated carbocycles. The number of benzene rings is 1. The molecule has 3 nitrogen and oxygen atoms in total. The van der Waals surface area contributed by atoms with E-state index in [1.54, 1.807) is 6.07 Å². The minimum atomic E-state index is -0.948. The number of hydrogen-bond acceptors (Lipinski definition) is 2. The second kappa shape index (κ2) is 5.61. The van der Waals surface area contributed by atoms with E-state index in [-0.39, 0.29) is 5.56 Å². The van der Waals surface area contributed by atoms with Crippen LogP contribution in [-0.2, 0) is 0 Å². The third-order valence-electron chi connectivity index (χ3n) is 3.61. The van der Waals surface area contributed by atoms with Crippen LogP contribution >= 0.6 is 11.6 Å². The summed E-state index contributed by atoms with van der Waals surface area (Å²) in [4.78, 5) is 13.6. The molecule has 1 atom stereocenters. The van der Waals surface area contributed by atoms with Crippen molar-refractivity contribution in [2.24, 2.45) is 0 Å². The Morgan fingerprint density at radius 1 is 1.50 bits per heavy atom. The number of halogens is 1. The van der Waals surface area contributed by atoms with Crippen molar-refractivity contribution in [1.29, 1.82) is 0 Å². The van der Waals surface area contributed by atoms with Crippen LogP contribution in [0.15, 0.2) is 18.2 Å². The molecule has 1 N–H and O–H groups in total. The predicted octanol–water partition coefficient (Wildman–Crippen LogP) is 3.81. The maximum atomic E-state index is 11.4. The summed E-state index contributed by atoms with van der Waals surface area (Å²) in [5.74, 6) is -0.948. The molecule has 1 fully saturated rings. The molecule has 4 heteroatoms. The van der Waals surface area contributed by atoms with Gasteiger partial charge in [0.05, 0.1) is 10.7 Å². The summed E-state index contributed by atoms with van der Waals surface area (Å²) in [6.07, 6.45) is 4.49. The number of piperidine rings is 1. The Kier molecular flexibility index (Phi) is 4.12. The molecule has 18 heavy (non-hydrogen) atoms. The van der Waals surface area contributed by atoms with Crippen LogP contribution in [0.3, 0.4) is 0 Å². The van der Waals surface area contributed by atoms with Gasteiger partial charge in [0.25, 0.3) is 0 Å². The molecule has 0 amide bonds. The maximum absolute atomic E-state index is 11.4. The normalized spacial score (nSPS) is 19.9. The largest absolute Gasteiger partial charge is 0.478 e. The van der Waals surface area contributed by atoms with Gasteiger partial charge in [-0.05, 0) is 37.8 Å². The molecule has 98 valence electrons. The van der Waals surface area contributed by atoms with Crippen LogP contribution in [-0.4, -0.2) is 23.7 Å². The van der Waals surface area contributed by atoms with E-state index in [1.165, 1.54) is 6.42 Å². The maximum Gasteiger partial charge on any atom is 0.339 e. The molecule has 0 spiro atoms. The summed E-state index contributed by atoms with van der Waals surface area (Å²) in [7, 11) is 0. The highest BCUT2D eigenvalue weighted by atomic mass is 35.5. The molecule has 1 unspecified atom stereocenters. The zero-order chi connectivity index (χ0) is 13.1. The first kappa shape index (κ1) is 13.2. The van der Waals surface area contributed by atoms with Gasteiger partial charge in [0.15, 0.2) is 0 Å². The molecule has 0 bridgehead atoms. The fourth-order valence-corrected chi connectivity index (χ4v) is 2.96. The number of carboxylic acids is 1. The lowest BCUT2D eigenvalue weighted by molar-refractivity contribution is 0.0697. The summed E-state index contributed by atoms with van der Waals surface area (Å²) < 4.78 is 0. The molecule has 1 aliphatic heterocycles. The van der Waals surface area contributed by atoms with Crippen molar-refractivity contribution < 1.29 is 9.90 Å². The van der Waals surface area contributed by atoms with Crippen LogP contribution in [0.2, 0.25) is 5.02 Å². The molecule has 1 aliphatic rings. The van der Waals surface area contributed by atoms with Gasteiger partial charge in [-0.3, -0.25) is 0 Å². The lowest BCUT2D eigenvalue weighted by atomic mass is 9.98. The summed E-state index contributed by atoms with van der Waals surface area (Å²) in [6, 6.07) is 5.75. The van der Waals surface area contributed by atoms with E-state index in [9.17, 15) is 9.90 Å². The van der Waals surface area contributed by atoms with Crippen LogP contribution in [0.5, 0.6) is 0 Å². The molecule has 1 aromatic rings. The second-order valence-electron chi connectivity index (χ2n) is 4.69. The highest BCUT2D eigenvalue weighted by Gasteiger charge is 2.26. The molecule has 0 radical (unpaired) electrons. The van der Waals surface area contributed by atoms with Gasteiger partial charge in [0.2, 0.25) is 0 Å². The van der Waals surface area contributed by atoms with Gasteiger partial charge in [0, 0.05) is 12.6 Å². The van der Waals surface area contributed by atoms with Gasteiger partial charge in [-0.2, -0.15) is 0 Å². The van der Waals surface area contributed by atoms with E-state index in [2.05, 4.69) is 11.8 Å². The van der Waals surface area contributed by atoms with E-state index >= 15 is 0 Å². The zero-order valence-electron chi connectivity index (χ0n) is 10.5. The molecular formula is C14H18ClNO2. The molecule has 0 aliphatic carbocycles. The molecule has 1 aromatic carbocycles. The van der Waals surface area contributed by atoms with Gasteiger partial charge in [-0.15, -0.1) is 0 Å². The Hall–Kier alpha value is -1.22. The molecule has 1 heterocycles. The minimum Gasteiger partial charge on any atom is -0.478 e. The van der Waals surface area contributed by atoms with Crippen LogP contribution in [0.25, 0.3) is 0 Å². The lowest BCUT2D eigenvalue weighted by Gasteiger charge is -2.38. The van der Waals surface area contributed by atoms with Crippen molar-refractivity contribution in [3.8, 4) is 0 Å². The van der Waals surface area contributed by atoms with Crippen LogP contribution in [0, 0.1) is 0 Å². The van der Waals surface area contributed by atoms with Crippen molar-refractivity contribution in [3.63, 3.8) is 0 Å². The molecule has 0 aromatic heterocycles. The average molecular weight is 268 g/mol. The van der Waals surface area contributed by atoms with Crippen molar-refractivity contribution in [3.05, 3.63) is 28.8 Å². The molecule has 2 rings (SSSR count). The number of aromatic carboxylic acids is 1. The minimum absolute atomic E-state index is 0.236. The van der Waals surface area contributed by atoms with E-state index in [0.717, 1.165) is 31.5 Å². The smallest absolute Gasteiger partial charge is 0.339 e. The first-order chi connectivity index (χ1) is 8.65. The Morgan fingerprint density at radius 2 is 2.28 bits per heavy atom. The second-order valence-corrected chi connectivity index (χ2v) is 5.10. The van der Waals surface area contributed by atoms with Crippen LogP contribution < -0.4 is 4.90 Å². The number of hydrogen-bond donors (Lipinski definition) is 1. The topological polar surface area (TPSA) is 40.5 Å². The first-order valence-electron chi connectivity index (χ1n) is 6.43. The van der Waals surface area contributed by atoms with Crippen molar-refractivity contribution in [2.75, 3.05) is 11.4 Å². The number of carbonyl (C=O) groups is 1. The number of anilines is 1. The summed E-state index contributed by atoms with van der Waals surface area (Å²) in [5, 5.41) is 9.64. The van der Waals surface area contributed by atoms with Gasteiger partial charge < -0.3 is 10.0 Å². The monoisotopic (exact) mass is 267 g/mol. The van der Waals surface area contributed by atoms with E-state index in [4.69, 9.17) is 11.6 Å². The number of rotatable bonds is 3. The van der Waals surface area contributed by atoms with Crippen molar-refractivity contribution >= 4 is 23.3 Å².